The number of hydrogen-bond donors (Lipinski definition) is 1. The minimum Gasteiger partial charge on any atom is -0.319 e. The summed E-state index contributed by atoms with van der Waals surface area (Å²) in [5, 5.41) is 3.48. The fourth-order valence-corrected chi connectivity index (χ4v) is 5.91. The lowest BCUT2D eigenvalue weighted by molar-refractivity contribution is -0.0440. The highest BCUT2D eigenvalue weighted by Crippen LogP contribution is 2.59. The monoisotopic (exact) mass is 325 g/mol. The van der Waals surface area contributed by atoms with Crippen molar-refractivity contribution in [2.75, 3.05) is 20.3 Å². The maximum absolute atomic E-state index is 12.2. The molecule has 2 aliphatic rings. The molecule has 1 N–H and O–H groups in total. The van der Waals surface area contributed by atoms with E-state index < -0.39 is 0 Å². The van der Waals surface area contributed by atoms with Gasteiger partial charge in [0.05, 0.1) is 6.67 Å². The number of alkyl halides is 1. The Bertz CT molecular complexity index is 319. The van der Waals surface area contributed by atoms with E-state index in [0.29, 0.717) is 0 Å². The van der Waals surface area contributed by atoms with Crippen LogP contribution in [0.3, 0.4) is 0 Å². The van der Waals surface area contributed by atoms with Crippen LogP contribution >= 0.6 is 0 Å². The summed E-state index contributed by atoms with van der Waals surface area (Å²) in [5.74, 6) is 5.82. The van der Waals surface area contributed by atoms with Gasteiger partial charge in [-0.25, -0.2) is 0 Å². The molecular formula is C21H40FN. The van der Waals surface area contributed by atoms with Crippen molar-refractivity contribution >= 4 is 0 Å². The lowest BCUT2D eigenvalue weighted by Gasteiger charge is -2.53. The van der Waals surface area contributed by atoms with Gasteiger partial charge in [0.25, 0.3) is 0 Å². The fourth-order valence-electron chi connectivity index (χ4n) is 5.91. The summed E-state index contributed by atoms with van der Waals surface area (Å²) in [6.45, 7) is 5.84. The van der Waals surface area contributed by atoms with Crippen molar-refractivity contribution in [2.24, 2.45) is 35.5 Å². The summed E-state index contributed by atoms with van der Waals surface area (Å²) in [6, 6.07) is 0. The number of rotatable bonds is 12. The van der Waals surface area contributed by atoms with Crippen molar-refractivity contribution in [2.45, 2.75) is 78.1 Å². The first kappa shape index (κ1) is 19.2. The third-order valence-electron chi connectivity index (χ3n) is 7.00. The Labute approximate surface area is 144 Å². The lowest BCUT2D eigenvalue weighted by atomic mass is 9.52. The molecule has 0 bridgehead atoms. The average Bonchev–Trinajstić information content (AvgIpc) is 2.92. The van der Waals surface area contributed by atoms with E-state index in [1.54, 1.807) is 0 Å². The summed E-state index contributed by atoms with van der Waals surface area (Å²) >= 11 is 0. The average molecular weight is 326 g/mol. The second-order valence-corrected chi connectivity index (χ2v) is 8.45. The van der Waals surface area contributed by atoms with E-state index in [1.165, 1.54) is 57.9 Å². The number of unbranched alkanes of at least 4 members (excludes halogenated alkanes) is 1. The molecule has 0 heterocycles. The fraction of sp³-hybridized carbons (Fsp3) is 1.00. The molecule has 0 aromatic carbocycles. The van der Waals surface area contributed by atoms with E-state index in [0.717, 1.165) is 48.3 Å². The molecule has 23 heavy (non-hydrogen) atoms. The third-order valence-corrected chi connectivity index (χ3v) is 7.00. The van der Waals surface area contributed by atoms with Crippen LogP contribution in [-0.4, -0.2) is 20.3 Å². The first-order valence-electron chi connectivity index (χ1n) is 10.4. The minimum atomic E-state index is -0.139. The van der Waals surface area contributed by atoms with Crippen LogP contribution in [0.4, 0.5) is 4.39 Å². The Morgan fingerprint density at radius 2 is 1.78 bits per heavy atom. The van der Waals surface area contributed by atoms with Gasteiger partial charge in [-0.2, -0.15) is 0 Å². The number of hydrogen-bond acceptors (Lipinski definition) is 1. The van der Waals surface area contributed by atoms with Crippen molar-refractivity contribution < 1.29 is 4.39 Å². The molecule has 0 amide bonds. The predicted molar refractivity (Wildman–Crippen MR) is 98.4 cm³/mol. The van der Waals surface area contributed by atoms with Crippen LogP contribution in [0.5, 0.6) is 0 Å². The number of fused-ring (bicyclic) bond motifs is 1. The molecule has 2 rings (SSSR count). The van der Waals surface area contributed by atoms with E-state index in [4.69, 9.17) is 0 Å². The van der Waals surface area contributed by atoms with Gasteiger partial charge >= 0.3 is 0 Å². The van der Waals surface area contributed by atoms with Crippen molar-refractivity contribution in [1.29, 1.82) is 0 Å². The Morgan fingerprint density at radius 3 is 2.48 bits per heavy atom. The summed E-state index contributed by atoms with van der Waals surface area (Å²) in [7, 11) is 2.12. The van der Waals surface area contributed by atoms with Crippen molar-refractivity contribution in [3.8, 4) is 0 Å². The van der Waals surface area contributed by atoms with Crippen molar-refractivity contribution in [3.05, 3.63) is 0 Å². The standard InChI is InChI=1S/C21H40FN/c1-4-18-19-12-8-13-20(19)21(18)17(15-23-3)11-7-10-16(2)9-5-6-14-22/h16-21,23H,4-15H2,1-3H3. The molecule has 0 aromatic heterocycles. The minimum absolute atomic E-state index is 0.139. The predicted octanol–water partition coefficient (Wildman–Crippen LogP) is 5.84. The normalized spacial score (nSPS) is 32.3. The van der Waals surface area contributed by atoms with E-state index in [-0.39, 0.29) is 6.67 Å². The van der Waals surface area contributed by atoms with Gasteiger partial charge in [0.2, 0.25) is 0 Å². The van der Waals surface area contributed by atoms with Gasteiger partial charge in [-0.15, -0.1) is 0 Å². The largest absolute Gasteiger partial charge is 0.319 e. The zero-order valence-corrected chi connectivity index (χ0v) is 15.8. The summed E-state index contributed by atoms with van der Waals surface area (Å²) in [5.41, 5.74) is 0. The maximum Gasteiger partial charge on any atom is 0.0894 e. The van der Waals surface area contributed by atoms with Gasteiger partial charge in [-0.3, -0.25) is 4.39 Å². The molecule has 136 valence electrons. The highest BCUT2D eigenvalue weighted by Gasteiger charge is 2.53. The molecule has 6 unspecified atom stereocenters. The quantitative estimate of drug-likeness (QED) is 0.444. The Morgan fingerprint density at radius 1 is 1.04 bits per heavy atom. The molecule has 2 aliphatic carbocycles. The molecule has 0 aromatic rings. The van der Waals surface area contributed by atoms with Crippen LogP contribution in [0, 0.1) is 35.5 Å². The van der Waals surface area contributed by atoms with Crippen LogP contribution in [0.1, 0.15) is 78.1 Å². The zero-order chi connectivity index (χ0) is 16.7. The molecule has 2 saturated carbocycles. The van der Waals surface area contributed by atoms with E-state index in [1.807, 2.05) is 0 Å². The highest BCUT2D eigenvalue weighted by atomic mass is 19.1. The second kappa shape index (κ2) is 10.0. The van der Waals surface area contributed by atoms with E-state index in [2.05, 4.69) is 26.2 Å². The Hall–Kier alpha value is -0.110. The van der Waals surface area contributed by atoms with E-state index >= 15 is 0 Å². The lowest BCUT2D eigenvalue weighted by Crippen LogP contribution is -2.49. The van der Waals surface area contributed by atoms with Gasteiger partial charge < -0.3 is 5.32 Å². The van der Waals surface area contributed by atoms with E-state index in [9.17, 15) is 4.39 Å². The molecule has 0 radical (unpaired) electrons. The van der Waals surface area contributed by atoms with Crippen molar-refractivity contribution in [3.63, 3.8) is 0 Å². The third kappa shape index (κ3) is 4.94. The van der Waals surface area contributed by atoms with Gasteiger partial charge in [0, 0.05) is 0 Å². The van der Waals surface area contributed by atoms with Gasteiger partial charge in [-0.05, 0) is 74.8 Å². The Balaban J connectivity index is 1.75. The van der Waals surface area contributed by atoms with Crippen molar-refractivity contribution in [1.82, 2.24) is 5.32 Å². The van der Waals surface area contributed by atoms with Crippen LogP contribution in [0.2, 0.25) is 0 Å². The van der Waals surface area contributed by atoms with Crippen LogP contribution in [0.15, 0.2) is 0 Å². The molecular weight excluding hydrogens is 285 g/mol. The topological polar surface area (TPSA) is 12.0 Å². The molecule has 1 nitrogen and oxygen atoms in total. The van der Waals surface area contributed by atoms with Crippen LogP contribution in [0.25, 0.3) is 0 Å². The summed E-state index contributed by atoms with van der Waals surface area (Å²) in [4.78, 5) is 0. The zero-order valence-electron chi connectivity index (χ0n) is 15.8. The molecule has 0 aliphatic heterocycles. The summed E-state index contributed by atoms with van der Waals surface area (Å²) in [6.07, 6.45) is 13.1. The van der Waals surface area contributed by atoms with Crippen LogP contribution in [-0.2, 0) is 0 Å². The number of halogens is 1. The van der Waals surface area contributed by atoms with Crippen LogP contribution < -0.4 is 5.32 Å². The molecule has 6 atom stereocenters. The number of nitrogens with one attached hydrogen (secondary N) is 1. The first-order chi connectivity index (χ1) is 11.2. The summed E-state index contributed by atoms with van der Waals surface area (Å²) < 4.78 is 12.2. The molecule has 0 spiro atoms. The maximum atomic E-state index is 12.2. The van der Waals surface area contributed by atoms with Gasteiger partial charge in [0.1, 0.15) is 0 Å². The first-order valence-corrected chi connectivity index (χ1v) is 10.4. The molecule has 2 heteroatoms. The molecule has 2 fully saturated rings. The molecule has 0 saturated heterocycles. The van der Waals surface area contributed by atoms with Gasteiger partial charge in [0.15, 0.2) is 0 Å². The Kier molecular flexibility index (Phi) is 8.36. The van der Waals surface area contributed by atoms with Gasteiger partial charge in [-0.1, -0.05) is 52.4 Å². The second-order valence-electron chi connectivity index (χ2n) is 8.45. The SMILES string of the molecule is CCC1C2CCCC2C1C(CCCC(C)CCCCF)CNC. The smallest absolute Gasteiger partial charge is 0.0894 e. The highest BCUT2D eigenvalue weighted by molar-refractivity contribution is 5.02.